The number of fused-ring (bicyclic) bond motifs is 1. The molecular formula is C23H27N5O2. The van der Waals surface area contributed by atoms with E-state index in [1.165, 1.54) is 5.56 Å². The van der Waals surface area contributed by atoms with Gasteiger partial charge in [0.25, 0.3) is 5.91 Å². The fourth-order valence-electron chi connectivity index (χ4n) is 3.80. The summed E-state index contributed by atoms with van der Waals surface area (Å²) in [6, 6.07) is 15.6. The number of benzene rings is 2. The zero-order valence-corrected chi connectivity index (χ0v) is 17.0. The number of hydrogen-bond donors (Lipinski definition) is 2. The highest BCUT2D eigenvalue weighted by atomic mass is 16.2. The van der Waals surface area contributed by atoms with Crippen molar-refractivity contribution in [3.8, 4) is 0 Å². The summed E-state index contributed by atoms with van der Waals surface area (Å²) in [5.41, 5.74) is 3.64. The highest BCUT2D eigenvalue weighted by molar-refractivity contribution is 5.97. The van der Waals surface area contributed by atoms with Gasteiger partial charge in [-0.2, -0.15) is 0 Å². The molecule has 0 unspecified atom stereocenters. The lowest BCUT2D eigenvalue weighted by molar-refractivity contribution is 0.0793. The molecule has 0 aliphatic carbocycles. The van der Waals surface area contributed by atoms with E-state index in [1.807, 2.05) is 58.0 Å². The lowest BCUT2D eigenvalue weighted by Gasteiger charge is -2.15. The summed E-state index contributed by atoms with van der Waals surface area (Å²) in [5.74, 6) is 0.0813. The molecule has 7 heteroatoms. The molecule has 3 aromatic rings. The fourth-order valence-corrected chi connectivity index (χ4v) is 3.80. The third kappa shape index (κ3) is 4.79. The maximum Gasteiger partial charge on any atom is 0.314 e. The number of likely N-dealkylation sites (tertiary alicyclic amines) is 1. The summed E-state index contributed by atoms with van der Waals surface area (Å²) in [5, 5.41) is 5.76. The maximum absolute atomic E-state index is 12.6. The number of imidazole rings is 1. The highest BCUT2D eigenvalue weighted by Gasteiger charge is 2.20. The monoisotopic (exact) mass is 405 g/mol. The Hall–Kier alpha value is -3.35. The molecule has 2 N–H and O–H groups in total. The minimum atomic E-state index is -0.172. The summed E-state index contributed by atoms with van der Waals surface area (Å²) < 4.78 is 1.99. The average molecular weight is 406 g/mol. The number of carbonyl (C=O) groups excluding carboxylic acids is 2. The van der Waals surface area contributed by atoms with Gasteiger partial charge in [-0.25, -0.2) is 9.78 Å². The molecule has 1 saturated heterocycles. The molecule has 2 heterocycles. The first kappa shape index (κ1) is 19.9. The predicted molar refractivity (Wildman–Crippen MR) is 116 cm³/mol. The first-order valence-corrected chi connectivity index (χ1v) is 10.5. The van der Waals surface area contributed by atoms with Gasteiger partial charge in [-0.1, -0.05) is 30.3 Å². The molecule has 2 aromatic carbocycles. The zero-order valence-electron chi connectivity index (χ0n) is 17.0. The van der Waals surface area contributed by atoms with Gasteiger partial charge in [-0.15, -0.1) is 0 Å². The quantitative estimate of drug-likeness (QED) is 0.634. The second-order valence-electron chi connectivity index (χ2n) is 7.56. The van der Waals surface area contributed by atoms with Crippen LogP contribution in [0.3, 0.4) is 0 Å². The van der Waals surface area contributed by atoms with Gasteiger partial charge in [0.05, 0.1) is 17.4 Å². The molecule has 1 aromatic heterocycles. The standard InChI is InChI=1S/C23H27N5O2/c29-22(27-13-4-5-14-27)19-8-9-21-20(16-19)26-17-28(21)15-12-25-23(30)24-11-10-18-6-2-1-3-7-18/h1-3,6-9,16-17H,4-5,10-15H2,(H2,24,25,30). The minimum Gasteiger partial charge on any atom is -0.339 e. The van der Waals surface area contributed by atoms with E-state index in [0.29, 0.717) is 25.2 Å². The maximum atomic E-state index is 12.6. The van der Waals surface area contributed by atoms with Crippen LogP contribution in [-0.2, 0) is 13.0 Å². The van der Waals surface area contributed by atoms with Gasteiger partial charge < -0.3 is 20.1 Å². The Kier molecular flexibility index (Phi) is 6.27. The molecule has 7 nitrogen and oxygen atoms in total. The Morgan fingerprint density at radius 2 is 1.73 bits per heavy atom. The summed E-state index contributed by atoms with van der Waals surface area (Å²) in [6.07, 6.45) is 4.72. The largest absolute Gasteiger partial charge is 0.339 e. The van der Waals surface area contributed by atoms with E-state index in [1.54, 1.807) is 6.33 Å². The van der Waals surface area contributed by atoms with Crippen LogP contribution in [-0.4, -0.2) is 52.6 Å². The number of aromatic nitrogens is 2. The molecule has 3 amide bonds. The van der Waals surface area contributed by atoms with Gasteiger partial charge in [0.1, 0.15) is 0 Å². The second-order valence-corrected chi connectivity index (χ2v) is 7.56. The van der Waals surface area contributed by atoms with Crippen molar-refractivity contribution in [3.63, 3.8) is 0 Å². The lowest BCUT2D eigenvalue weighted by Crippen LogP contribution is -2.38. The predicted octanol–water partition coefficient (Wildman–Crippen LogP) is 2.81. The van der Waals surface area contributed by atoms with Crippen molar-refractivity contribution >= 4 is 23.0 Å². The molecule has 0 spiro atoms. The van der Waals surface area contributed by atoms with E-state index in [-0.39, 0.29) is 11.9 Å². The van der Waals surface area contributed by atoms with Crippen molar-refractivity contribution in [2.24, 2.45) is 0 Å². The summed E-state index contributed by atoms with van der Waals surface area (Å²) >= 11 is 0. The Balaban J connectivity index is 1.26. The van der Waals surface area contributed by atoms with Crippen molar-refractivity contribution in [1.82, 2.24) is 25.1 Å². The van der Waals surface area contributed by atoms with Gasteiger partial charge >= 0.3 is 6.03 Å². The first-order chi connectivity index (χ1) is 14.7. The Morgan fingerprint density at radius 1 is 0.967 bits per heavy atom. The Labute approximate surface area is 176 Å². The third-order valence-corrected chi connectivity index (χ3v) is 5.44. The second kappa shape index (κ2) is 9.43. The van der Waals surface area contributed by atoms with E-state index in [2.05, 4.69) is 15.6 Å². The summed E-state index contributed by atoms with van der Waals surface area (Å²) in [7, 11) is 0. The number of carbonyl (C=O) groups is 2. The summed E-state index contributed by atoms with van der Waals surface area (Å²) in [6.45, 7) is 3.38. The van der Waals surface area contributed by atoms with Gasteiger partial charge in [-0.05, 0) is 43.0 Å². The van der Waals surface area contributed by atoms with Crippen molar-refractivity contribution in [3.05, 3.63) is 66.0 Å². The van der Waals surface area contributed by atoms with Crippen molar-refractivity contribution in [2.75, 3.05) is 26.2 Å². The topological polar surface area (TPSA) is 79.3 Å². The average Bonchev–Trinajstić information content (AvgIpc) is 3.44. The normalized spacial score (nSPS) is 13.5. The number of urea groups is 1. The lowest BCUT2D eigenvalue weighted by atomic mass is 10.1. The van der Waals surface area contributed by atoms with E-state index in [4.69, 9.17) is 0 Å². The van der Waals surface area contributed by atoms with Crippen LogP contribution >= 0.6 is 0 Å². The first-order valence-electron chi connectivity index (χ1n) is 10.5. The molecule has 0 bridgehead atoms. The molecule has 1 fully saturated rings. The van der Waals surface area contributed by atoms with Crippen LogP contribution in [0.15, 0.2) is 54.9 Å². The number of nitrogens with one attached hydrogen (secondary N) is 2. The van der Waals surface area contributed by atoms with Crippen LogP contribution in [0.4, 0.5) is 4.79 Å². The van der Waals surface area contributed by atoms with E-state index >= 15 is 0 Å². The van der Waals surface area contributed by atoms with E-state index < -0.39 is 0 Å². The van der Waals surface area contributed by atoms with Crippen LogP contribution in [0.2, 0.25) is 0 Å². The third-order valence-electron chi connectivity index (χ3n) is 5.44. The van der Waals surface area contributed by atoms with Gasteiger partial charge in [0.15, 0.2) is 0 Å². The highest BCUT2D eigenvalue weighted by Crippen LogP contribution is 2.18. The molecule has 4 rings (SSSR count). The van der Waals surface area contributed by atoms with Gasteiger partial charge in [-0.3, -0.25) is 4.79 Å². The van der Waals surface area contributed by atoms with E-state index in [9.17, 15) is 9.59 Å². The van der Waals surface area contributed by atoms with Crippen LogP contribution in [0.25, 0.3) is 11.0 Å². The minimum absolute atomic E-state index is 0.0813. The van der Waals surface area contributed by atoms with Crippen LogP contribution in [0.1, 0.15) is 28.8 Å². The van der Waals surface area contributed by atoms with Gasteiger partial charge in [0, 0.05) is 38.3 Å². The number of hydrogen-bond acceptors (Lipinski definition) is 3. The molecule has 156 valence electrons. The molecule has 0 radical (unpaired) electrons. The SMILES string of the molecule is O=C(NCCc1ccccc1)NCCn1cnc2cc(C(=O)N3CCCC3)ccc21. The van der Waals surface area contributed by atoms with Crippen molar-refractivity contribution < 1.29 is 9.59 Å². The summed E-state index contributed by atoms with van der Waals surface area (Å²) in [4.78, 5) is 30.9. The smallest absolute Gasteiger partial charge is 0.314 e. The fraction of sp³-hybridized carbons (Fsp3) is 0.348. The van der Waals surface area contributed by atoms with Crippen molar-refractivity contribution in [2.45, 2.75) is 25.8 Å². The van der Waals surface area contributed by atoms with Crippen LogP contribution < -0.4 is 10.6 Å². The zero-order chi connectivity index (χ0) is 20.8. The Morgan fingerprint density at radius 3 is 2.53 bits per heavy atom. The number of nitrogens with zero attached hydrogens (tertiary/aromatic N) is 3. The Bertz CT molecular complexity index is 1010. The molecular weight excluding hydrogens is 378 g/mol. The molecule has 0 saturated carbocycles. The molecule has 1 aliphatic heterocycles. The van der Waals surface area contributed by atoms with Gasteiger partial charge in [0.2, 0.25) is 0 Å². The molecule has 1 aliphatic rings. The number of rotatable bonds is 7. The van der Waals surface area contributed by atoms with Crippen molar-refractivity contribution in [1.29, 1.82) is 0 Å². The van der Waals surface area contributed by atoms with E-state index in [0.717, 1.165) is 43.4 Å². The molecule has 0 atom stereocenters. The number of amides is 3. The molecule has 30 heavy (non-hydrogen) atoms. The van der Waals surface area contributed by atoms with Crippen LogP contribution in [0, 0.1) is 0 Å². The van der Waals surface area contributed by atoms with Crippen LogP contribution in [0.5, 0.6) is 0 Å².